The molecule has 0 radical (unpaired) electrons. The summed E-state index contributed by atoms with van der Waals surface area (Å²) in [5, 5.41) is 2.96. The predicted molar refractivity (Wildman–Crippen MR) is 84.4 cm³/mol. The van der Waals surface area contributed by atoms with Crippen molar-refractivity contribution in [1.82, 2.24) is 4.90 Å². The highest BCUT2D eigenvalue weighted by molar-refractivity contribution is 7.99. The summed E-state index contributed by atoms with van der Waals surface area (Å²) < 4.78 is 5.31. The van der Waals surface area contributed by atoms with Gasteiger partial charge in [-0.25, -0.2) is 0 Å². The lowest BCUT2D eigenvalue weighted by Gasteiger charge is -2.26. The van der Waals surface area contributed by atoms with E-state index in [-0.39, 0.29) is 5.91 Å². The molecule has 0 aliphatic carbocycles. The third-order valence-electron chi connectivity index (χ3n) is 3.31. The quantitative estimate of drug-likeness (QED) is 0.815. The van der Waals surface area contributed by atoms with E-state index in [0.29, 0.717) is 5.75 Å². The first kappa shape index (κ1) is 15.4. The average molecular weight is 294 g/mol. The van der Waals surface area contributed by atoms with Crippen molar-refractivity contribution in [3.63, 3.8) is 0 Å². The molecule has 1 N–H and O–H groups in total. The first-order chi connectivity index (χ1) is 9.75. The minimum absolute atomic E-state index is 0.0753. The van der Waals surface area contributed by atoms with Crippen molar-refractivity contribution in [2.75, 3.05) is 49.7 Å². The van der Waals surface area contributed by atoms with Gasteiger partial charge in [-0.3, -0.25) is 9.69 Å². The molecule has 0 aromatic heterocycles. The second-order valence-corrected chi connectivity index (χ2v) is 5.97. The maximum atomic E-state index is 11.9. The number of rotatable bonds is 6. The second kappa shape index (κ2) is 8.29. The Balaban J connectivity index is 1.61. The van der Waals surface area contributed by atoms with Crippen LogP contribution in [0.15, 0.2) is 24.3 Å². The van der Waals surface area contributed by atoms with Gasteiger partial charge in [-0.05, 0) is 18.6 Å². The zero-order chi connectivity index (χ0) is 14.2. The summed E-state index contributed by atoms with van der Waals surface area (Å²) in [4.78, 5) is 14.2. The van der Waals surface area contributed by atoms with Crippen LogP contribution in [0.25, 0.3) is 0 Å². The third-order valence-corrected chi connectivity index (χ3v) is 4.25. The van der Waals surface area contributed by atoms with E-state index in [1.165, 1.54) is 0 Å². The number of hydrogen-bond donors (Lipinski definition) is 1. The largest absolute Gasteiger partial charge is 0.379 e. The van der Waals surface area contributed by atoms with Crippen molar-refractivity contribution in [3.8, 4) is 0 Å². The topological polar surface area (TPSA) is 41.6 Å². The summed E-state index contributed by atoms with van der Waals surface area (Å²) in [6, 6.07) is 7.85. The molecule has 1 aliphatic heterocycles. The molecule has 0 atom stereocenters. The lowest BCUT2D eigenvalue weighted by molar-refractivity contribution is -0.113. The van der Waals surface area contributed by atoms with E-state index in [1.54, 1.807) is 11.8 Å². The van der Waals surface area contributed by atoms with Crippen LogP contribution in [0.4, 0.5) is 5.69 Å². The number of benzene rings is 1. The van der Waals surface area contributed by atoms with Gasteiger partial charge >= 0.3 is 0 Å². The fourth-order valence-electron chi connectivity index (χ4n) is 2.08. The molecule has 1 aromatic carbocycles. The number of carbonyl (C=O) groups is 1. The molecule has 1 aliphatic rings. The number of carbonyl (C=O) groups excluding carboxylic acids is 1. The summed E-state index contributed by atoms with van der Waals surface area (Å²) in [6.45, 7) is 6.72. The second-order valence-electron chi connectivity index (χ2n) is 4.87. The van der Waals surface area contributed by atoms with Crippen molar-refractivity contribution >= 4 is 23.4 Å². The molecule has 1 saturated heterocycles. The lowest BCUT2D eigenvalue weighted by Crippen LogP contribution is -2.37. The Morgan fingerprint density at radius 2 is 2.10 bits per heavy atom. The van der Waals surface area contributed by atoms with Crippen LogP contribution >= 0.6 is 11.8 Å². The molecule has 0 bridgehead atoms. The van der Waals surface area contributed by atoms with Crippen LogP contribution < -0.4 is 5.32 Å². The number of nitrogens with zero attached hydrogens (tertiary/aromatic N) is 1. The van der Waals surface area contributed by atoms with Crippen LogP contribution in [0.2, 0.25) is 0 Å². The molecular formula is C15H22N2O2S. The van der Waals surface area contributed by atoms with Gasteiger partial charge < -0.3 is 10.1 Å². The van der Waals surface area contributed by atoms with Gasteiger partial charge in [0.2, 0.25) is 5.91 Å². The summed E-state index contributed by atoms with van der Waals surface area (Å²) in [5.74, 6) is 1.58. The zero-order valence-corrected chi connectivity index (χ0v) is 12.7. The van der Waals surface area contributed by atoms with E-state index in [4.69, 9.17) is 4.74 Å². The molecule has 20 heavy (non-hydrogen) atoms. The maximum absolute atomic E-state index is 11.9. The van der Waals surface area contributed by atoms with E-state index in [2.05, 4.69) is 10.2 Å². The van der Waals surface area contributed by atoms with Gasteiger partial charge in [-0.1, -0.05) is 18.2 Å². The lowest BCUT2D eigenvalue weighted by atomic mass is 10.2. The van der Waals surface area contributed by atoms with E-state index in [9.17, 15) is 4.79 Å². The van der Waals surface area contributed by atoms with Gasteiger partial charge in [0.25, 0.3) is 0 Å². The maximum Gasteiger partial charge on any atom is 0.234 e. The van der Waals surface area contributed by atoms with Gasteiger partial charge in [-0.2, -0.15) is 11.8 Å². The molecule has 2 rings (SSSR count). The number of ether oxygens (including phenoxy) is 1. The minimum atomic E-state index is 0.0753. The van der Waals surface area contributed by atoms with Crippen LogP contribution in [0.5, 0.6) is 0 Å². The van der Waals surface area contributed by atoms with Crippen molar-refractivity contribution in [1.29, 1.82) is 0 Å². The van der Waals surface area contributed by atoms with Crippen molar-refractivity contribution in [2.45, 2.75) is 6.92 Å². The Kier molecular flexibility index (Phi) is 6.36. The highest BCUT2D eigenvalue weighted by atomic mass is 32.2. The first-order valence-electron chi connectivity index (χ1n) is 6.99. The predicted octanol–water partition coefficient (Wildman–Crippen LogP) is 2.00. The van der Waals surface area contributed by atoms with Gasteiger partial charge in [0.05, 0.1) is 19.0 Å². The van der Waals surface area contributed by atoms with E-state index >= 15 is 0 Å². The van der Waals surface area contributed by atoms with E-state index in [1.807, 2.05) is 31.2 Å². The molecule has 1 aromatic rings. The van der Waals surface area contributed by atoms with Crippen LogP contribution in [-0.2, 0) is 9.53 Å². The highest BCUT2D eigenvalue weighted by Crippen LogP contribution is 2.13. The first-order valence-corrected chi connectivity index (χ1v) is 8.14. The van der Waals surface area contributed by atoms with Crippen LogP contribution in [0.3, 0.4) is 0 Å². The SMILES string of the molecule is Cc1ccccc1NC(=O)CSCCN1CCOCC1. The molecule has 5 heteroatoms. The monoisotopic (exact) mass is 294 g/mol. The number of amides is 1. The number of hydrogen-bond acceptors (Lipinski definition) is 4. The Morgan fingerprint density at radius 1 is 1.35 bits per heavy atom. The fourth-order valence-corrected chi connectivity index (χ4v) is 2.87. The molecule has 0 unspecified atom stereocenters. The highest BCUT2D eigenvalue weighted by Gasteiger charge is 2.10. The fraction of sp³-hybridized carbons (Fsp3) is 0.533. The smallest absolute Gasteiger partial charge is 0.234 e. The Labute approximate surface area is 124 Å². The number of thioether (sulfide) groups is 1. The Morgan fingerprint density at radius 3 is 2.85 bits per heavy atom. The van der Waals surface area contributed by atoms with Crippen LogP contribution in [-0.4, -0.2) is 55.2 Å². The molecule has 1 amide bonds. The van der Waals surface area contributed by atoms with Gasteiger partial charge in [0.1, 0.15) is 0 Å². The Hall–Kier alpha value is -1.04. The van der Waals surface area contributed by atoms with Crippen LogP contribution in [0.1, 0.15) is 5.56 Å². The summed E-state index contributed by atoms with van der Waals surface area (Å²) in [7, 11) is 0. The standard InChI is InChI=1S/C15H22N2O2S/c1-13-4-2-3-5-14(13)16-15(18)12-20-11-8-17-6-9-19-10-7-17/h2-5H,6-12H2,1H3,(H,16,18). The number of aryl methyl sites for hydroxylation is 1. The minimum Gasteiger partial charge on any atom is -0.379 e. The van der Waals surface area contributed by atoms with E-state index in [0.717, 1.165) is 49.9 Å². The normalized spacial score (nSPS) is 16.1. The van der Waals surface area contributed by atoms with Gasteiger partial charge in [-0.15, -0.1) is 0 Å². The molecular weight excluding hydrogens is 272 g/mol. The van der Waals surface area contributed by atoms with Gasteiger partial charge in [0, 0.05) is 31.1 Å². The van der Waals surface area contributed by atoms with Gasteiger partial charge in [0.15, 0.2) is 0 Å². The number of nitrogens with one attached hydrogen (secondary N) is 1. The van der Waals surface area contributed by atoms with E-state index < -0.39 is 0 Å². The molecule has 1 heterocycles. The Bertz CT molecular complexity index is 434. The number of anilines is 1. The van der Waals surface area contributed by atoms with Crippen molar-refractivity contribution in [2.24, 2.45) is 0 Å². The molecule has 4 nitrogen and oxygen atoms in total. The number of para-hydroxylation sites is 1. The summed E-state index contributed by atoms with van der Waals surface area (Å²) in [5.41, 5.74) is 2.01. The molecule has 0 spiro atoms. The zero-order valence-electron chi connectivity index (χ0n) is 11.9. The number of morpholine rings is 1. The molecule has 0 saturated carbocycles. The van der Waals surface area contributed by atoms with Crippen molar-refractivity contribution < 1.29 is 9.53 Å². The molecule has 1 fully saturated rings. The summed E-state index contributed by atoms with van der Waals surface area (Å²) >= 11 is 1.69. The average Bonchev–Trinajstić information content (AvgIpc) is 2.47. The van der Waals surface area contributed by atoms with Crippen LogP contribution in [0, 0.1) is 6.92 Å². The third kappa shape index (κ3) is 5.15. The summed E-state index contributed by atoms with van der Waals surface area (Å²) in [6.07, 6.45) is 0. The molecule has 110 valence electrons. The van der Waals surface area contributed by atoms with Crippen molar-refractivity contribution in [3.05, 3.63) is 29.8 Å².